The van der Waals surface area contributed by atoms with Gasteiger partial charge in [0.25, 0.3) is 10.0 Å². The van der Waals surface area contributed by atoms with E-state index in [1.807, 2.05) is 0 Å². The van der Waals surface area contributed by atoms with Gasteiger partial charge >= 0.3 is 12.1 Å². The molecule has 0 N–H and O–H groups in total. The van der Waals surface area contributed by atoms with E-state index in [0.29, 0.717) is 43.8 Å². The molecule has 1 fully saturated rings. The van der Waals surface area contributed by atoms with Crippen LogP contribution in [0.15, 0.2) is 58.9 Å². The summed E-state index contributed by atoms with van der Waals surface area (Å²) in [5.74, 6) is -2.83. The number of halogens is 5. The number of sulfonamides is 1. The summed E-state index contributed by atoms with van der Waals surface area (Å²) in [6.07, 6.45) is -3.20. The van der Waals surface area contributed by atoms with Gasteiger partial charge in [-0.05, 0) is 48.7 Å². The number of piperidine rings is 1. The van der Waals surface area contributed by atoms with Crippen molar-refractivity contribution in [3.8, 4) is 5.75 Å². The molecule has 4 rings (SSSR count). The highest BCUT2D eigenvalue weighted by Crippen LogP contribution is 2.34. The van der Waals surface area contributed by atoms with E-state index < -0.39 is 32.2 Å². The number of carbonyl (C=O) groups excluding carboxylic acids is 1. The number of nitrogens with zero attached hydrogens (tertiary/aromatic N) is 3. The maximum atomic E-state index is 13.1. The van der Waals surface area contributed by atoms with Gasteiger partial charge in [-0.1, -0.05) is 28.2 Å². The summed E-state index contributed by atoms with van der Waals surface area (Å²) >= 11 is 6.91. The van der Waals surface area contributed by atoms with Crippen LogP contribution in [0.1, 0.15) is 18.4 Å². The summed E-state index contributed by atoms with van der Waals surface area (Å²) in [7, 11) is -4.82. The SMILES string of the molecule is O=C(ON(c1nccs1)S(=O)(=O)c1ccc(OC2CCN(Cc3ccc(F)cc3)CC2)c(Cl)c1)C(F)(F)F. The van der Waals surface area contributed by atoms with Gasteiger partial charge in [0.05, 0.1) is 9.92 Å². The van der Waals surface area contributed by atoms with E-state index in [-0.39, 0.29) is 27.2 Å². The molecule has 0 spiro atoms. The van der Waals surface area contributed by atoms with Gasteiger partial charge in [-0.2, -0.15) is 21.6 Å². The lowest BCUT2D eigenvalue weighted by Crippen LogP contribution is -2.38. The van der Waals surface area contributed by atoms with E-state index in [1.165, 1.54) is 23.6 Å². The van der Waals surface area contributed by atoms with Gasteiger partial charge in [0.2, 0.25) is 5.13 Å². The van der Waals surface area contributed by atoms with Crippen LogP contribution >= 0.6 is 22.9 Å². The Morgan fingerprint density at radius 2 is 1.84 bits per heavy atom. The number of thiazole rings is 1. The van der Waals surface area contributed by atoms with Gasteiger partial charge < -0.3 is 9.57 Å². The molecule has 38 heavy (non-hydrogen) atoms. The Bertz CT molecular complexity index is 1360. The number of carbonyl (C=O) groups is 1. The Balaban J connectivity index is 1.43. The maximum absolute atomic E-state index is 13.1. The Morgan fingerprint density at radius 1 is 1.16 bits per heavy atom. The molecule has 1 aliphatic rings. The number of aromatic nitrogens is 1. The third-order valence-corrected chi connectivity index (χ3v) is 8.22. The molecule has 2 heterocycles. The number of benzene rings is 2. The zero-order valence-electron chi connectivity index (χ0n) is 19.4. The zero-order chi connectivity index (χ0) is 27.5. The molecule has 1 aromatic heterocycles. The summed E-state index contributed by atoms with van der Waals surface area (Å²) in [6.45, 7) is 2.08. The number of hydrogen-bond donors (Lipinski definition) is 0. The van der Waals surface area contributed by atoms with Crippen LogP contribution in [0.5, 0.6) is 5.75 Å². The van der Waals surface area contributed by atoms with Crippen LogP contribution in [0.25, 0.3) is 0 Å². The minimum absolute atomic E-state index is 0.0962. The monoisotopic (exact) mass is 593 g/mol. The van der Waals surface area contributed by atoms with E-state index in [4.69, 9.17) is 16.3 Å². The first kappa shape index (κ1) is 28.1. The predicted octanol–water partition coefficient (Wildman–Crippen LogP) is 5.19. The van der Waals surface area contributed by atoms with Crippen molar-refractivity contribution in [3.05, 3.63) is 70.4 Å². The molecule has 0 radical (unpaired) electrons. The van der Waals surface area contributed by atoms with E-state index in [9.17, 15) is 30.8 Å². The topological polar surface area (TPSA) is 89.0 Å². The van der Waals surface area contributed by atoms with Crippen molar-refractivity contribution in [3.63, 3.8) is 0 Å². The molecule has 1 saturated heterocycles. The summed E-state index contributed by atoms with van der Waals surface area (Å²) in [5.41, 5.74) is 0.985. The number of rotatable bonds is 8. The smallest absolute Gasteiger partial charge is 0.489 e. The number of ether oxygens (including phenoxy) is 1. The maximum Gasteiger partial charge on any atom is 0.493 e. The van der Waals surface area contributed by atoms with Crippen LogP contribution in [0.4, 0.5) is 22.7 Å². The Hall–Kier alpha value is -2.94. The summed E-state index contributed by atoms with van der Waals surface area (Å²) < 4.78 is 83.3. The van der Waals surface area contributed by atoms with Gasteiger partial charge in [-0.3, -0.25) is 4.90 Å². The number of hydrogen-bond acceptors (Lipinski definition) is 8. The highest BCUT2D eigenvalue weighted by atomic mass is 35.5. The van der Waals surface area contributed by atoms with Crippen LogP contribution in [-0.2, 0) is 26.2 Å². The lowest BCUT2D eigenvalue weighted by molar-refractivity contribution is -0.199. The van der Waals surface area contributed by atoms with E-state index in [1.54, 1.807) is 12.1 Å². The van der Waals surface area contributed by atoms with Crippen LogP contribution in [-0.4, -0.2) is 49.6 Å². The van der Waals surface area contributed by atoms with Gasteiger partial charge in [0.1, 0.15) is 17.7 Å². The van der Waals surface area contributed by atoms with Crippen molar-refractivity contribution in [2.45, 2.75) is 36.6 Å². The molecule has 0 unspecified atom stereocenters. The molecule has 204 valence electrons. The minimum atomic E-state index is -5.44. The number of anilines is 1. The molecule has 1 aliphatic heterocycles. The summed E-state index contributed by atoms with van der Waals surface area (Å²) in [6, 6.07) is 9.65. The lowest BCUT2D eigenvalue weighted by atomic mass is 10.1. The first-order valence-corrected chi connectivity index (χ1v) is 13.8. The van der Waals surface area contributed by atoms with Crippen molar-refractivity contribution >= 4 is 44.1 Å². The largest absolute Gasteiger partial charge is 0.493 e. The third kappa shape index (κ3) is 6.73. The van der Waals surface area contributed by atoms with E-state index in [2.05, 4.69) is 14.7 Å². The molecular weight excluding hydrogens is 574 g/mol. The molecule has 0 amide bonds. The fourth-order valence-electron chi connectivity index (χ4n) is 3.67. The average molecular weight is 594 g/mol. The fraction of sp³-hybridized carbons (Fsp3) is 0.304. The van der Waals surface area contributed by atoms with Crippen LogP contribution < -0.4 is 9.21 Å². The van der Waals surface area contributed by atoms with Crippen molar-refractivity contribution in [2.75, 3.05) is 17.6 Å². The zero-order valence-corrected chi connectivity index (χ0v) is 21.8. The molecular formula is C23H20ClF4N3O5S2. The van der Waals surface area contributed by atoms with Crippen molar-refractivity contribution in [1.29, 1.82) is 0 Å². The summed E-state index contributed by atoms with van der Waals surface area (Å²) in [4.78, 5) is 20.8. The van der Waals surface area contributed by atoms with Crippen molar-refractivity contribution in [1.82, 2.24) is 9.88 Å². The normalized spacial score (nSPS) is 15.3. The second-order valence-electron chi connectivity index (χ2n) is 8.24. The molecule has 15 heteroatoms. The highest BCUT2D eigenvalue weighted by molar-refractivity contribution is 7.92. The van der Waals surface area contributed by atoms with Crippen LogP contribution in [0.2, 0.25) is 5.02 Å². The van der Waals surface area contributed by atoms with Gasteiger partial charge in [-0.25, -0.2) is 14.2 Å². The second kappa shape index (κ2) is 11.4. The molecule has 8 nitrogen and oxygen atoms in total. The van der Waals surface area contributed by atoms with Gasteiger partial charge in [-0.15, -0.1) is 11.3 Å². The highest BCUT2D eigenvalue weighted by Gasteiger charge is 2.45. The molecule has 2 aromatic carbocycles. The predicted molar refractivity (Wildman–Crippen MR) is 131 cm³/mol. The average Bonchev–Trinajstić information content (AvgIpc) is 3.40. The Morgan fingerprint density at radius 3 is 2.42 bits per heavy atom. The molecule has 0 aliphatic carbocycles. The van der Waals surface area contributed by atoms with Crippen LogP contribution in [0, 0.1) is 5.82 Å². The number of alkyl halides is 3. The molecule has 0 saturated carbocycles. The number of likely N-dealkylation sites (tertiary alicyclic amines) is 1. The van der Waals surface area contributed by atoms with Crippen LogP contribution in [0.3, 0.4) is 0 Å². The Kier molecular flexibility index (Phi) is 8.45. The molecule has 3 aromatic rings. The summed E-state index contributed by atoms with van der Waals surface area (Å²) in [5, 5.41) is 0.696. The standard InChI is InChI=1S/C23H20ClF4N3O5S2/c24-19-13-18(38(33,34)31(22-29-9-12-37-22)36-21(32)23(26,27)28)5-6-20(19)35-17-7-10-30(11-8-17)14-15-1-3-16(25)4-2-15/h1-6,9,12-13,17H,7-8,10-11,14H2. The fourth-order valence-corrected chi connectivity index (χ4v) is 5.99. The Labute approximate surface area is 224 Å². The van der Waals surface area contributed by atoms with E-state index in [0.717, 1.165) is 23.9 Å². The first-order chi connectivity index (χ1) is 17.9. The van der Waals surface area contributed by atoms with Crippen molar-refractivity contribution in [2.24, 2.45) is 0 Å². The molecule has 0 bridgehead atoms. The second-order valence-corrected chi connectivity index (χ2v) is 11.3. The van der Waals surface area contributed by atoms with E-state index >= 15 is 0 Å². The molecule has 0 atom stereocenters. The third-order valence-electron chi connectivity index (χ3n) is 5.54. The van der Waals surface area contributed by atoms with Crippen molar-refractivity contribution < 1.29 is 40.3 Å². The van der Waals surface area contributed by atoms with Gasteiger partial charge in [0.15, 0.2) is 0 Å². The van der Waals surface area contributed by atoms with Gasteiger partial charge in [0, 0.05) is 31.2 Å². The minimum Gasteiger partial charge on any atom is -0.489 e. The lowest BCUT2D eigenvalue weighted by Gasteiger charge is -2.32. The quantitative estimate of drug-likeness (QED) is 0.262. The first-order valence-electron chi connectivity index (χ1n) is 11.1.